The van der Waals surface area contributed by atoms with Crippen molar-refractivity contribution in [2.75, 3.05) is 19.5 Å². The molecule has 1 amide bonds. The zero-order valence-electron chi connectivity index (χ0n) is 13.5. The number of amides is 1. The summed E-state index contributed by atoms with van der Waals surface area (Å²) < 4.78 is 10.4. The third kappa shape index (κ3) is 3.32. The molecule has 0 aliphatic carbocycles. The molecule has 1 atom stereocenters. The van der Waals surface area contributed by atoms with Gasteiger partial charge < -0.3 is 19.6 Å². The average molecular weight is 326 g/mol. The number of carbonyl (C=O) groups excluding carboxylic acids is 1. The van der Waals surface area contributed by atoms with Gasteiger partial charge in [0.05, 0.1) is 19.9 Å². The summed E-state index contributed by atoms with van der Waals surface area (Å²) in [4.78, 5) is 17.6. The predicted octanol–water partition coefficient (Wildman–Crippen LogP) is 2.84. The topological polar surface area (TPSA) is 69.2 Å². The van der Waals surface area contributed by atoms with Crippen molar-refractivity contribution in [2.24, 2.45) is 5.16 Å². The highest BCUT2D eigenvalue weighted by Crippen LogP contribution is 2.25. The second kappa shape index (κ2) is 7.04. The van der Waals surface area contributed by atoms with E-state index in [1.165, 1.54) is 0 Å². The summed E-state index contributed by atoms with van der Waals surface area (Å²) in [5, 5.41) is 6.85. The molecule has 1 aliphatic heterocycles. The summed E-state index contributed by atoms with van der Waals surface area (Å²) >= 11 is 0. The van der Waals surface area contributed by atoms with E-state index in [0.717, 1.165) is 11.3 Å². The van der Waals surface area contributed by atoms with Crippen molar-refractivity contribution < 1.29 is 19.1 Å². The number of nitrogens with zero attached hydrogens (tertiary/aromatic N) is 1. The molecule has 0 spiro atoms. The number of ether oxygens (including phenoxy) is 2. The van der Waals surface area contributed by atoms with Crippen LogP contribution in [0.1, 0.15) is 12.0 Å². The summed E-state index contributed by atoms with van der Waals surface area (Å²) in [6.07, 6.45) is -0.269. The van der Waals surface area contributed by atoms with Gasteiger partial charge in [0.1, 0.15) is 11.5 Å². The zero-order valence-corrected chi connectivity index (χ0v) is 13.5. The maximum absolute atomic E-state index is 12.3. The van der Waals surface area contributed by atoms with Crippen LogP contribution in [0.15, 0.2) is 53.7 Å². The van der Waals surface area contributed by atoms with Crippen LogP contribution in [0, 0.1) is 0 Å². The SMILES string of the molecule is COc1ccc(NC(=O)C2CC(c3ccccc3OC)=NO2)cc1. The lowest BCUT2D eigenvalue weighted by atomic mass is 10.0. The normalized spacial score (nSPS) is 16.1. The lowest BCUT2D eigenvalue weighted by Gasteiger charge is -2.10. The molecule has 1 aliphatic rings. The van der Waals surface area contributed by atoms with Crippen LogP contribution < -0.4 is 14.8 Å². The van der Waals surface area contributed by atoms with Crippen LogP contribution in [0.5, 0.6) is 11.5 Å². The second-order valence-electron chi connectivity index (χ2n) is 5.25. The standard InChI is InChI=1S/C18H18N2O4/c1-22-13-9-7-12(8-10-13)19-18(21)17-11-15(20-24-17)14-5-3-4-6-16(14)23-2/h3-10,17H,11H2,1-2H3,(H,19,21). The lowest BCUT2D eigenvalue weighted by molar-refractivity contribution is -0.125. The van der Waals surface area contributed by atoms with Gasteiger partial charge in [-0.2, -0.15) is 0 Å². The molecule has 0 saturated carbocycles. The van der Waals surface area contributed by atoms with Crippen LogP contribution in [0.2, 0.25) is 0 Å². The van der Waals surface area contributed by atoms with E-state index in [0.29, 0.717) is 23.6 Å². The van der Waals surface area contributed by atoms with Crippen LogP contribution in [0.25, 0.3) is 0 Å². The molecule has 6 heteroatoms. The Morgan fingerprint density at radius 3 is 2.58 bits per heavy atom. The van der Waals surface area contributed by atoms with Crippen molar-refractivity contribution >= 4 is 17.3 Å². The van der Waals surface area contributed by atoms with E-state index in [2.05, 4.69) is 10.5 Å². The third-order valence-electron chi connectivity index (χ3n) is 3.74. The van der Waals surface area contributed by atoms with Crippen molar-refractivity contribution in [2.45, 2.75) is 12.5 Å². The number of oxime groups is 1. The van der Waals surface area contributed by atoms with E-state index >= 15 is 0 Å². The molecule has 0 bridgehead atoms. The highest BCUT2D eigenvalue weighted by Gasteiger charge is 2.30. The molecule has 1 heterocycles. The largest absolute Gasteiger partial charge is 0.497 e. The van der Waals surface area contributed by atoms with Crippen molar-refractivity contribution in [3.63, 3.8) is 0 Å². The molecule has 0 aromatic heterocycles. The fraction of sp³-hybridized carbons (Fsp3) is 0.222. The lowest BCUT2D eigenvalue weighted by Crippen LogP contribution is -2.28. The predicted molar refractivity (Wildman–Crippen MR) is 90.6 cm³/mol. The number of anilines is 1. The van der Waals surface area contributed by atoms with Gasteiger partial charge in [-0.05, 0) is 36.4 Å². The van der Waals surface area contributed by atoms with Gasteiger partial charge in [0, 0.05) is 17.7 Å². The number of para-hydroxylation sites is 1. The van der Waals surface area contributed by atoms with Crippen molar-refractivity contribution in [3.8, 4) is 11.5 Å². The number of hydrogen-bond donors (Lipinski definition) is 1. The van der Waals surface area contributed by atoms with Crippen LogP contribution >= 0.6 is 0 Å². The van der Waals surface area contributed by atoms with Gasteiger partial charge in [-0.25, -0.2) is 0 Å². The van der Waals surface area contributed by atoms with Gasteiger partial charge in [0.25, 0.3) is 5.91 Å². The Balaban J connectivity index is 1.64. The Hall–Kier alpha value is -3.02. The Bertz CT molecular complexity index is 756. The van der Waals surface area contributed by atoms with Crippen molar-refractivity contribution in [1.29, 1.82) is 0 Å². The summed E-state index contributed by atoms with van der Waals surface area (Å²) in [7, 11) is 3.19. The Morgan fingerprint density at radius 2 is 1.88 bits per heavy atom. The highest BCUT2D eigenvalue weighted by molar-refractivity contribution is 6.07. The molecule has 0 fully saturated rings. The highest BCUT2D eigenvalue weighted by atomic mass is 16.6. The van der Waals surface area contributed by atoms with Crippen molar-refractivity contribution in [1.82, 2.24) is 0 Å². The monoisotopic (exact) mass is 326 g/mol. The average Bonchev–Trinajstić information content (AvgIpc) is 3.12. The number of nitrogens with one attached hydrogen (secondary N) is 1. The molecule has 0 radical (unpaired) electrons. The van der Waals surface area contributed by atoms with Crippen molar-refractivity contribution in [3.05, 3.63) is 54.1 Å². The van der Waals surface area contributed by atoms with Gasteiger partial charge in [-0.3, -0.25) is 4.79 Å². The van der Waals surface area contributed by atoms with E-state index in [1.54, 1.807) is 38.5 Å². The van der Waals surface area contributed by atoms with Gasteiger partial charge in [-0.15, -0.1) is 0 Å². The molecule has 24 heavy (non-hydrogen) atoms. The molecule has 0 saturated heterocycles. The number of rotatable bonds is 5. The maximum atomic E-state index is 12.3. The first kappa shape index (κ1) is 15.9. The van der Waals surface area contributed by atoms with Crippen LogP contribution in [0.4, 0.5) is 5.69 Å². The van der Waals surface area contributed by atoms with E-state index in [1.807, 2.05) is 24.3 Å². The van der Waals surface area contributed by atoms with Gasteiger partial charge in [0.15, 0.2) is 0 Å². The molecule has 1 unspecified atom stereocenters. The second-order valence-corrected chi connectivity index (χ2v) is 5.25. The first-order valence-electron chi connectivity index (χ1n) is 7.52. The number of carbonyl (C=O) groups is 1. The smallest absolute Gasteiger partial charge is 0.268 e. The zero-order chi connectivity index (χ0) is 16.9. The van der Waals surface area contributed by atoms with E-state index < -0.39 is 6.10 Å². The van der Waals surface area contributed by atoms with Gasteiger partial charge in [0.2, 0.25) is 6.10 Å². The molecule has 2 aromatic rings. The minimum absolute atomic E-state index is 0.242. The molecular formula is C18H18N2O4. The number of benzene rings is 2. The fourth-order valence-corrected chi connectivity index (χ4v) is 2.46. The quantitative estimate of drug-likeness (QED) is 0.917. The third-order valence-corrected chi connectivity index (χ3v) is 3.74. The summed E-state index contributed by atoms with van der Waals surface area (Å²) in [5.41, 5.74) is 2.21. The molecule has 6 nitrogen and oxygen atoms in total. The Labute approximate surface area is 140 Å². The minimum Gasteiger partial charge on any atom is -0.497 e. The summed E-state index contributed by atoms with van der Waals surface area (Å²) in [5.74, 6) is 1.19. The Morgan fingerprint density at radius 1 is 1.12 bits per heavy atom. The van der Waals surface area contributed by atoms with E-state index in [-0.39, 0.29) is 5.91 Å². The van der Waals surface area contributed by atoms with E-state index in [4.69, 9.17) is 14.3 Å². The van der Waals surface area contributed by atoms with Crippen LogP contribution in [0.3, 0.4) is 0 Å². The molecule has 124 valence electrons. The van der Waals surface area contributed by atoms with E-state index in [9.17, 15) is 4.79 Å². The molecule has 2 aromatic carbocycles. The Kier molecular flexibility index (Phi) is 4.65. The van der Waals surface area contributed by atoms with Gasteiger partial charge >= 0.3 is 0 Å². The fourth-order valence-electron chi connectivity index (χ4n) is 2.46. The van der Waals surface area contributed by atoms with Crippen LogP contribution in [-0.4, -0.2) is 31.9 Å². The summed E-state index contributed by atoms with van der Waals surface area (Å²) in [6.45, 7) is 0. The molecule has 1 N–H and O–H groups in total. The first-order chi connectivity index (χ1) is 11.7. The summed E-state index contributed by atoms with van der Waals surface area (Å²) in [6, 6.07) is 14.6. The maximum Gasteiger partial charge on any atom is 0.268 e. The number of hydrogen-bond acceptors (Lipinski definition) is 5. The molecular weight excluding hydrogens is 308 g/mol. The van der Waals surface area contributed by atoms with Crippen LogP contribution in [-0.2, 0) is 9.63 Å². The number of methoxy groups -OCH3 is 2. The minimum atomic E-state index is -0.660. The first-order valence-corrected chi connectivity index (χ1v) is 7.52. The molecule has 3 rings (SSSR count). The van der Waals surface area contributed by atoms with Gasteiger partial charge in [-0.1, -0.05) is 17.3 Å².